The summed E-state index contributed by atoms with van der Waals surface area (Å²) in [5.74, 6) is -1.66. The average Bonchev–Trinajstić information content (AvgIpc) is 2.82. The predicted molar refractivity (Wildman–Crippen MR) is 124 cm³/mol. The van der Waals surface area contributed by atoms with E-state index in [1.54, 1.807) is 17.0 Å². The average molecular weight is 487 g/mol. The summed E-state index contributed by atoms with van der Waals surface area (Å²) in [4.78, 5) is 14.6. The fourth-order valence-corrected chi connectivity index (χ4v) is 4.91. The van der Waals surface area contributed by atoms with E-state index in [1.807, 2.05) is 19.1 Å². The van der Waals surface area contributed by atoms with E-state index in [2.05, 4.69) is 4.72 Å². The number of hydrogen-bond donors (Lipinski definition) is 1. The summed E-state index contributed by atoms with van der Waals surface area (Å²) in [7, 11) is -3.79. The molecule has 3 aromatic carbocycles. The Labute approximate surface area is 197 Å². The van der Waals surface area contributed by atoms with Gasteiger partial charge in [0.15, 0.2) is 11.6 Å². The molecule has 1 heterocycles. The van der Waals surface area contributed by atoms with E-state index >= 15 is 0 Å². The molecule has 34 heavy (non-hydrogen) atoms. The Morgan fingerprint density at radius 2 is 1.68 bits per heavy atom. The number of nitrogens with zero attached hydrogens (tertiary/aromatic N) is 1. The number of rotatable bonds is 6. The van der Waals surface area contributed by atoms with Crippen molar-refractivity contribution in [2.45, 2.75) is 30.8 Å². The Bertz CT molecular complexity index is 1290. The lowest BCUT2D eigenvalue weighted by atomic mass is 10.1. The molecule has 1 aliphatic heterocycles. The molecule has 1 saturated heterocycles. The highest BCUT2D eigenvalue weighted by Crippen LogP contribution is 2.24. The van der Waals surface area contributed by atoms with Crippen LogP contribution in [0.1, 0.15) is 28.8 Å². The summed E-state index contributed by atoms with van der Waals surface area (Å²) in [5.41, 5.74) is 1.67. The first-order chi connectivity index (χ1) is 16.2. The molecule has 178 valence electrons. The van der Waals surface area contributed by atoms with E-state index in [4.69, 9.17) is 4.74 Å². The zero-order valence-electron chi connectivity index (χ0n) is 18.5. The molecular weight excluding hydrogens is 462 g/mol. The highest BCUT2D eigenvalue weighted by Gasteiger charge is 2.26. The number of aryl methyl sites for hydroxylation is 1. The van der Waals surface area contributed by atoms with Crippen LogP contribution in [0.2, 0.25) is 0 Å². The number of halogens is 2. The van der Waals surface area contributed by atoms with Crippen LogP contribution in [0.4, 0.5) is 14.5 Å². The third-order valence-corrected chi connectivity index (χ3v) is 7.10. The molecule has 1 aliphatic rings. The lowest BCUT2D eigenvalue weighted by molar-refractivity contribution is 0.0588. The Kier molecular flexibility index (Phi) is 6.83. The minimum Gasteiger partial charge on any atom is -0.487 e. The second-order valence-corrected chi connectivity index (χ2v) is 9.81. The molecule has 0 radical (unpaired) electrons. The Morgan fingerprint density at radius 1 is 1.00 bits per heavy atom. The van der Waals surface area contributed by atoms with Crippen LogP contribution < -0.4 is 9.46 Å². The highest BCUT2D eigenvalue weighted by atomic mass is 32.2. The smallest absolute Gasteiger partial charge is 0.261 e. The van der Waals surface area contributed by atoms with Gasteiger partial charge in [-0.05, 0) is 55.0 Å². The monoisotopic (exact) mass is 486 g/mol. The number of para-hydroxylation sites is 1. The molecule has 1 fully saturated rings. The van der Waals surface area contributed by atoms with E-state index in [0.29, 0.717) is 37.2 Å². The van der Waals surface area contributed by atoms with E-state index in [9.17, 15) is 22.0 Å². The summed E-state index contributed by atoms with van der Waals surface area (Å²) in [6.45, 7) is 2.62. The number of ether oxygens (including phenoxy) is 1. The normalized spacial score (nSPS) is 14.6. The van der Waals surface area contributed by atoms with Gasteiger partial charge < -0.3 is 9.64 Å². The van der Waals surface area contributed by atoms with Crippen LogP contribution >= 0.6 is 0 Å². The molecule has 3 aromatic rings. The maximum Gasteiger partial charge on any atom is 0.261 e. The van der Waals surface area contributed by atoms with Gasteiger partial charge >= 0.3 is 0 Å². The van der Waals surface area contributed by atoms with Gasteiger partial charge in [0.2, 0.25) is 0 Å². The van der Waals surface area contributed by atoms with Crippen molar-refractivity contribution in [2.75, 3.05) is 17.8 Å². The second kappa shape index (κ2) is 9.80. The maximum atomic E-state index is 13.8. The maximum absolute atomic E-state index is 13.8. The van der Waals surface area contributed by atoms with Gasteiger partial charge in [0.1, 0.15) is 11.9 Å². The summed E-state index contributed by atoms with van der Waals surface area (Å²) in [6, 6.07) is 16.0. The lowest BCUT2D eigenvalue weighted by Gasteiger charge is -2.32. The zero-order chi connectivity index (χ0) is 24.3. The molecule has 0 unspecified atom stereocenters. The molecule has 0 bridgehead atoms. The number of anilines is 1. The van der Waals surface area contributed by atoms with Crippen molar-refractivity contribution >= 4 is 21.6 Å². The number of likely N-dealkylation sites (tertiary alicyclic amines) is 1. The van der Waals surface area contributed by atoms with Crippen molar-refractivity contribution in [1.29, 1.82) is 0 Å². The quantitative estimate of drug-likeness (QED) is 0.545. The minimum absolute atomic E-state index is 0.0118. The van der Waals surface area contributed by atoms with Gasteiger partial charge in [-0.15, -0.1) is 0 Å². The predicted octanol–water partition coefficient (Wildman–Crippen LogP) is 4.76. The number of piperidine rings is 1. The molecular formula is C25H24F2N2O4S. The van der Waals surface area contributed by atoms with E-state index in [1.165, 1.54) is 30.3 Å². The summed E-state index contributed by atoms with van der Waals surface area (Å²) < 4.78 is 60.5. The number of carbonyl (C=O) groups excluding carboxylic acids is 1. The van der Waals surface area contributed by atoms with Gasteiger partial charge in [0, 0.05) is 37.6 Å². The van der Waals surface area contributed by atoms with Gasteiger partial charge in [-0.1, -0.05) is 18.2 Å². The van der Waals surface area contributed by atoms with Crippen molar-refractivity contribution in [3.8, 4) is 5.75 Å². The van der Waals surface area contributed by atoms with Crippen molar-refractivity contribution in [1.82, 2.24) is 4.90 Å². The highest BCUT2D eigenvalue weighted by molar-refractivity contribution is 7.92. The van der Waals surface area contributed by atoms with Crippen LogP contribution in [0.15, 0.2) is 71.6 Å². The first-order valence-corrected chi connectivity index (χ1v) is 12.3. The molecule has 1 N–H and O–H groups in total. The molecule has 9 heteroatoms. The SMILES string of the molecule is Cc1ccccc1NS(=O)(=O)c1ccc(C(=O)N2CCC(Oc3ccc(F)cc3F)CC2)cc1. The van der Waals surface area contributed by atoms with Gasteiger partial charge in [0.05, 0.1) is 10.6 Å². The van der Waals surface area contributed by atoms with E-state index in [0.717, 1.165) is 17.7 Å². The topological polar surface area (TPSA) is 75.7 Å². The molecule has 1 amide bonds. The summed E-state index contributed by atoms with van der Waals surface area (Å²) in [5, 5.41) is 0. The Morgan fingerprint density at radius 3 is 2.32 bits per heavy atom. The first-order valence-electron chi connectivity index (χ1n) is 10.8. The molecule has 0 spiro atoms. The van der Waals surface area contributed by atoms with Crippen LogP contribution in [0.25, 0.3) is 0 Å². The number of sulfonamides is 1. The van der Waals surface area contributed by atoms with Crippen LogP contribution in [-0.4, -0.2) is 38.4 Å². The van der Waals surface area contributed by atoms with Gasteiger partial charge in [0.25, 0.3) is 15.9 Å². The van der Waals surface area contributed by atoms with Crippen LogP contribution in [0, 0.1) is 18.6 Å². The number of benzene rings is 3. The Balaban J connectivity index is 1.36. The van der Waals surface area contributed by atoms with Crippen molar-refractivity contribution in [2.24, 2.45) is 0 Å². The van der Waals surface area contributed by atoms with Crippen molar-refractivity contribution in [3.63, 3.8) is 0 Å². The number of carbonyl (C=O) groups is 1. The van der Waals surface area contributed by atoms with Gasteiger partial charge in [-0.2, -0.15) is 0 Å². The number of nitrogens with one attached hydrogen (secondary N) is 1. The fourth-order valence-electron chi connectivity index (χ4n) is 3.78. The fraction of sp³-hybridized carbons (Fsp3) is 0.240. The van der Waals surface area contributed by atoms with Crippen LogP contribution in [0.5, 0.6) is 5.75 Å². The second-order valence-electron chi connectivity index (χ2n) is 8.13. The molecule has 0 atom stereocenters. The molecule has 0 aromatic heterocycles. The van der Waals surface area contributed by atoms with E-state index in [-0.39, 0.29) is 22.7 Å². The van der Waals surface area contributed by atoms with Crippen molar-refractivity contribution < 1.29 is 26.7 Å². The van der Waals surface area contributed by atoms with Gasteiger partial charge in [-0.25, -0.2) is 17.2 Å². The van der Waals surface area contributed by atoms with Crippen LogP contribution in [-0.2, 0) is 10.0 Å². The standard InChI is InChI=1S/C25H24F2N2O4S/c1-17-4-2-3-5-23(17)28-34(31,32)21-9-6-18(7-10-21)25(30)29-14-12-20(13-15-29)33-24-11-8-19(26)16-22(24)27/h2-11,16,20,28H,12-15H2,1H3. The largest absolute Gasteiger partial charge is 0.487 e. The Hall–Kier alpha value is -3.46. The lowest BCUT2D eigenvalue weighted by Crippen LogP contribution is -2.41. The number of hydrogen-bond acceptors (Lipinski definition) is 4. The van der Waals surface area contributed by atoms with E-state index < -0.39 is 21.7 Å². The molecule has 0 aliphatic carbocycles. The molecule has 4 rings (SSSR count). The minimum atomic E-state index is -3.79. The zero-order valence-corrected chi connectivity index (χ0v) is 19.3. The van der Waals surface area contributed by atoms with Crippen molar-refractivity contribution in [3.05, 3.63) is 89.5 Å². The number of amides is 1. The summed E-state index contributed by atoms with van der Waals surface area (Å²) in [6.07, 6.45) is 0.703. The molecule has 6 nitrogen and oxygen atoms in total. The summed E-state index contributed by atoms with van der Waals surface area (Å²) >= 11 is 0. The van der Waals surface area contributed by atoms with Crippen LogP contribution in [0.3, 0.4) is 0 Å². The first kappa shape index (κ1) is 23.7. The third kappa shape index (κ3) is 5.36. The van der Waals surface area contributed by atoms with Gasteiger partial charge in [-0.3, -0.25) is 9.52 Å². The molecule has 0 saturated carbocycles. The third-order valence-electron chi connectivity index (χ3n) is 5.72.